The van der Waals surface area contributed by atoms with Crippen molar-refractivity contribution in [1.82, 2.24) is 19.8 Å². The predicted molar refractivity (Wildman–Crippen MR) is 355 cm³/mol. The Morgan fingerprint density at radius 1 is 0.527 bits per heavy atom. The van der Waals surface area contributed by atoms with Crippen LogP contribution < -0.4 is 47.9 Å². The van der Waals surface area contributed by atoms with E-state index >= 15 is 0 Å². The van der Waals surface area contributed by atoms with Gasteiger partial charge in [-0.2, -0.15) is 0 Å². The maximum absolute atomic E-state index is 14.3. The number of fused-ring (bicyclic) bond motifs is 4. The van der Waals surface area contributed by atoms with E-state index in [0.717, 1.165) is 4.90 Å². The molecule has 0 saturated carbocycles. The first-order valence-corrected chi connectivity index (χ1v) is 38.0. The summed E-state index contributed by atoms with van der Waals surface area (Å²) < 4.78 is 103. The Morgan fingerprint density at radius 2 is 0.868 bits per heavy atom. The molecule has 491 valence electrons. The molecule has 4 aromatic carbocycles. The Morgan fingerprint density at radius 3 is 1.24 bits per heavy atom. The van der Waals surface area contributed by atoms with Crippen LogP contribution in [-0.4, -0.2) is 107 Å². The Kier molecular flexibility index (Phi) is 28.5. The van der Waals surface area contributed by atoms with Gasteiger partial charge in [-0.15, -0.1) is 0 Å². The van der Waals surface area contributed by atoms with Crippen LogP contribution in [0.25, 0.3) is 21.8 Å². The molecule has 0 spiro atoms. The smallest absolute Gasteiger partial charge is 1.00 e. The van der Waals surface area contributed by atoms with E-state index in [2.05, 4.69) is 93.1 Å². The zero-order chi connectivity index (χ0) is 64.8. The second-order valence-electron chi connectivity index (χ2n) is 23.7. The standard InChI is InChI=1S/C32H44FN2O7PSi.C32H42FN2O7PSi.CH4.B.Na.H/c2*1-9-40-43(38,41-10-2)19-39-29-25-12-11-17-34-28(25)30(42-44(20(3)4,21(5)6)22(7)8)27-26(29)31(36)35(32(27)37)18-23-13-15-24(33)16-14-23;;;;/h11-17,20-22,31,36H,9-10,18-19H2,1-8H3;11-17,20-22H,9-10,18-19H2,1-8H3;1H4;;;/q;;;;+1;-1. The van der Waals surface area contributed by atoms with Crippen LogP contribution in [0.15, 0.2) is 85.2 Å². The molecule has 0 saturated heterocycles. The Bertz CT molecular complexity index is 3540. The van der Waals surface area contributed by atoms with E-state index in [0.29, 0.717) is 38.7 Å². The van der Waals surface area contributed by atoms with Crippen molar-refractivity contribution in [3.05, 3.63) is 130 Å². The topological polar surface area (TPSA) is 212 Å². The molecule has 2 aromatic heterocycles. The molecule has 0 fully saturated rings. The van der Waals surface area contributed by atoms with Gasteiger partial charge in [-0.1, -0.05) is 115 Å². The van der Waals surface area contributed by atoms with Gasteiger partial charge in [0.25, 0.3) is 34.4 Å². The first kappa shape index (κ1) is 78.6. The van der Waals surface area contributed by atoms with Crippen molar-refractivity contribution in [2.75, 3.05) is 39.1 Å². The number of carbonyl (C=O) groups excluding carboxylic acids is 3. The monoisotopic (exact) mass is 1340 g/mol. The van der Waals surface area contributed by atoms with Crippen molar-refractivity contribution >= 4 is 79.8 Å². The molecule has 8 rings (SSSR count). The number of aliphatic hydroxyl groups is 1. The second-order valence-corrected chi connectivity index (χ2v) is 38.4. The number of nitrogens with zero attached hydrogens (tertiary/aromatic N) is 4. The summed E-state index contributed by atoms with van der Waals surface area (Å²) in [5, 5.41) is 12.7. The number of aliphatic hydroxyl groups excluding tert-OH is 1. The maximum Gasteiger partial charge on any atom is 1.00 e. The fraction of sp³-hybridized carbons (Fsp3) is 0.492. The normalized spacial score (nSPS) is 14.3. The first-order chi connectivity index (χ1) is 41.6. The molecule has 2 aliphatic heterocycles. The number of halogens is 2. The summed E-state index contributed by atoms with van der Waals surface area (Å²) >= 11 is 0. The van der Waals surface area contributed by atoms with Gasteiger partial charge in [-0.3, -0.25) is 38.4 Å². The van der Waals surface area contributed by atoms with Crippen molar-refractivity contribution < 1.29 is 105 Å². The second kappa shape index (κ2) is 33.0. The molecular weight excluding hydrogens is 1250 g/mol. The van der Waals surface area contributed by atoms with Crippen molar-refractivity contribution in [2.24, 2.45) is 0 Å². The van der Waals surface area contributed by atoms with Gasteiger partial charge in [-0.05, 0) is 121 Å². The molecule has 1 N–H and O–H groups in total. The molecule has 0 aliphatic carbocycles. The number of rotatable bonds is 28. The third-order valence-electron chi connectivity index (χ3n) is 16.5. The molecular formula is C65H91BF2N4NaO14P2Si2. The van der Waals surface area contributed by atoms with Crippen LogP contribution in [0.2, 0.25) is 33.2 Å². The average molecular weight is 1340 g/mol. The summed E-state index contributed by atoms with van der Waals surface area (Å²) in [6, 6.07) is 18.3. The van der Waals surface area contributed by atoms with Crippen molar-refractivity contribution in [2.45, 2.75) is 171 Å². The van der Waals surface area contributed by atoms with Gasteiger partial charge in [0, 0.05) is 38.1 Å². The average Bonchev–Trinajstić information content (AvgIpc) is 1.51. The fourth-order valence-corrected chi connectivity index (χ4v) is 26.0. The van der Waals surface area contributed by atoms with Crippen LogP contribution in [0, 0.1) is 11.6 Å². The molecule has 1 unspecified atom stereocenters. The van der Waals surface area contributed by atoms with Crippen LogP contribution in [-0.2, 0) is 40.3 Å². The number of benzene rings is 4. The molecule has 3 amide bonds. The summed E-state index contributed by atoms with van der Waals surface area (Å²) in [6.07, 6.45) is 0.862. The third kappa shape index (κ3) is 16.1. The largest absolute Gasteiger partial charge is 1.00 e. The van der Waals surface area contributed by atoms with Crippen LogP contribution in [0.4, 0.5) is 8.78 Å². The molecule has 91 heavy (non-hydrogen) atoms. The number of carbonyl (C=O) groups is 3. The van der Waals surface area contributed by atoms with E-state index in [1.165, 1.54) is 41.3 Å². The van der Waals surface area contributed by atoms with Gasteiger partial charge in [0.2, 0.25) is 0 Å². The van der Waals surface area contributed by atoms with E-state index in [1.54, 1.807) is 76.5 Å². The van der Waals surface area contributed by atoms with E-state index in [-0.39, 0.29) is 159 Å². The number of hydrogen-bond acceptors (Lipinski definition) is 16. The third-order valence-corrected chi connectivity index (χ3v) is 31.9. The predicted octanol–water partition coefficient (Wildman–Crippen LogP) is 13.9. The van der Waals surface area contributed by atoms with E-state index in [1.807, 2.05) is 0 Å². The van der Waals surface area contributed by atoms with Gasteiger partial charge in [0.1, 0.15) is 45.7 Å². The van der Waals surface area contributed by atoms with Gasteiger partial charge in [-0.25, -0.2) is 8.78 Å². The Hall–Kier alpha value is -4.87. The molecule has 3 radical (unpaired) electrons. The van der Waals surface area contributed by atoms with Crippen molar-refractivity contribution in [3.63, 3.8) is 0 Å². The zero-order valence-corrected chi connectivity index (χ0v) is 60.8. The summed E-state index contributed by atoms with van der Waals surface area (Å²) in [6.45, 7) is 32.9. The molecule has 2 aliphatic rings. The number of hydrogen-bond donors (Lipinski definition) is 1. The molecule has 4 heterocycles. The van der Waals surface area contributed by atoms with Crippen molar-refractivity contribution in [3.8, 4) is 23.0 Å². The minimum atomic E-state index is -3.69. The summed E-state index contributed by atoms with van der Waals surface area (Å²) in [5.74, 6) is -1.69. The summed E-state index contributed by atoms with van der Waals surface area (Å²) in [7, 11) is -12.6. The minimum absolute atomic E-state index is 0. The van der Waals surface area contributed by atoms with Crippen LogP contribution in [0.5, 0.6) is 23.0 Å². The molecule has 18 nitrogen and oxygen atoms in total. The molecule has 6 aromatic rings. The number of amides is 3. The molecule has 26 heteroatoms. The van der Waals surface area contributed by atoms with Gasteiger partial charge >= 0.3 is 44.7 Å². The number of pyridine rings is 2. The Labute approximate surface area is 563 Å². The van der Waals surface area contributed by atoms with E-state index in [4.69, 9.17) is 36.4 Å². The van der Waals surface area contributed by atoms with Gasteiger partial charge in [0.05, 0.1) is 55.2 Å². The Balaban J connectivity index is 0.000000460. The van der Waals surface area contributed by atoms with Crippen LogP contribution in [0.1, 0.15) is 174 Å². The number of aromatic nitrogens is 2. The summed E-state index contributed by atoms with van der Waals surface area (Å²) in [5.41, 5.74) is 3.45. The quantitative estimate of drug-likeness (QED) is 0.0275. The van der Waals surface area contributed by atoms with Gasteiger partial charge in [0.15, 0.2) is 18.9 Å². The van der Waals surface area contributed by atoms with Gasteiger partial charge < -0.3 is 47.9 Å². The summed E-state index contributed by atoms with van der Waals surface area (Å²) in [4.78, 5) is 54.5. The zero-order valence-electron chi connectivity index (χ0n) is 56.1. The molecule has 0 bridgehead atoms. The minimum Gasteiger partial charge on any atom is -1.00 e. The first-order valence-electron chi connectivity index (χ1n) is 30.2. The molecule has 1 atom stereocenters. The van der Waals surface area contributed by atoms with Crippen LogP contribution >= 0.6 is 15.2 Å². The van der Waals surface area contributed by atoms with E-state index in [9.17, 15) is 37.4 Å². The SMILES string of the molecule is C.CCOP(=O)(COc1c2c(c(O[Si](C(C)C)(C(C)C)C(C)C)c3ncccc13)C(=O)N(Cc1ccc(F)cc1)C2=O)OCC.CCOP(=O)(COc1c2c(c(O[Si](C(C)C)(C(C)C)C(C)C)c3ncccc13)C(=O)N(Cc1ccc(F)cc1)C2O)OCC.[B].[H-].[Na+]. The number of imide groups is 1. The maximum atomic E-state index is 14.3. The van der Waals surface area contributed by atoms with E-state index < -0.39 is 80.1 Å². The number of ether oxygens (including phenoxy) is 2. The van der Waals surface area contributed by atoms with Crippen LogP contribution in [0.3, 0.4) is 0 Å². The van der Waals surface area contributed by atoms with Crippen molar-refractivity contribution in [1.29, 1.82) is 0 Å². The fourth-order valence-electron chi connectivity index (χ4n) is 12.9.